The van der Waals surface area contributed by atoms with Crippen molar-refractivity contribution in [3.8, 4) is 17.6 Å². The highest BCUT2D eigenvalue weighted by molar-refractivity contribution is 5.97. The largest absolute Gasteiger partial charge is 0.488 e. The molecule has 1 unspecified atom stereocenters. The van der Waals surface area contributed by atoms with Crippen molar-refractivity contribution in [2.24, 2.45) is 5.92 Å². The minimum Gasteiger partial charge on any atom is -0.488 e. The Bertz CT molecular complexity index is 1200. The van der Waals surface area contributed by atoms with Crippen LogP contribution in [0.3, 0.4) is 0 Å². The van der Waals surface area contributed by atoms with Gasteiger partial charge in [-0.15, -0.1) is 0 Å². The molecule has 2 N–H and O–H groups in total. The maximum absolute atomic E-state index is 13.1. The summed E-state index contributed by atoms with van der Waals surface area (Å²) in [5.41, 5.74) is 3.67. The van der Waals surface area contributed by atoms with Crippen LogP contribution < -0.4 is 15.4 Å². The van der Waals surface area contributed by atoms with E-state index >= 15 is 0 Å². The third-order valence-electron chi connectivity index (χ3n) is 5.77. The number of rotatable bonds is 5. The van der Waals surface area contributed by atoms with E-state index in [0.717, 1.165) is 46.3 Å². The Morgan fingerprint density at radius 1 is 1.06 bits per heavy atom. The van der Waals surface area contributed by atoms with Crippen molar-refractivity contribution in [1.29, 1.82) is 0 Å². The lowest BCUT2D eigenvalue weighted by Gasteiger charge is -2.28. The van der Waals surface area contributed by atoms with E-state index in [1.807, 2.05) is 44.2 Å². The average Bonchev–Trinajstić information content (AvgIpc) is 2.75. The second kappa shape index (κ2) is 9.46. The number of aryl methyl sites for hydroxylation is 1. The average molecular weight is 427 g/mol. The molecule has 1 heterocycles. The summed E-state index contributed by atoms with van der Waals surface area (Å²) < 4.78 is 5.94. The molecule has 0 spiro atoms. The number of ether oxygens (including phenoxy) is 1. The number of carbonyl (C=O) groups excluding carboxylic acids is 1. The molecular formula is C28H30N2O2. The Labute approximate surface area is 190 Å². The summed E-state index contributed by atoms with van der Waals surface area (Å²) in [6, 6.07) is 17.9. The standard InChI is InChI=1S/C28H30N2O2/c1-18(2)9-11-21-12-14-24(26-8-6-5-7-25(21)26)20(4)30-28(31)27-15-22(13-10-19(27)3)32-23-16-29-17-23/h5-8,10,12-15,18,20,23,29H,16-17H2,1-4H3,(H,30,31). The van der Waals surface area contributed by atoms with Gasteiger partial charge < -0.3 is 15.4 Å². The molecule has 0 radical (unpaired) electrons. The highest BCUT2D eigenvalue weighted by atomic mass is 16.5. The first-order valence-corrected chi connectivity index (χ1v) is 11.2. The van der Waals surface area contributed by atoms with Gasteiger partial charge in [0.25, 0.3) is 5.91 Å². The van der Waals surface area contributed by atoms with Crippen LogP contribution in [0.5, 0.6) is 5.75 Å². The van der Waals surface area contributed by atoms with Crippen LogP contribution in [-0.4, -0.2) is 25.1 Å². The maximum Gasteiger partial charge on any atom is 0.252 e. The van der Waals surface area contributed by atoms with Crippen molar-refractivity contribution in [2.45, 2.75) is 39.8 Å². The normalized spacial score (nSPS) is 14.4. The van der Waals surface area contributed by atoms with E-state index < -0.39 is 0 Å². The third-order valence-corrected chi connectivity index (χ3v) is 5.77. The molecule has 3 aromatic rings. The summed E-state index contributed by atoms with van der Waals surface area (Å²) in [4.78, 5) is 13.1. The first-order chi connectivity index (χ1) is 15.4. The van der Waals surface area contributed by atoms with Gasteiger partial charge in [-0.05, 0) is 53.9 Å². The SMILES string of the molecule is Cc1ccc(OC2CNC2)cc1C(=O)NC(C)c1ccc(C#CC(C)C)c2ccccc12. The van der Waals surface area contributed by atoms with Gasteiger partial charge in [-0.1, -0.05) is 62.1 Å². The molecule has 32 heavy (non-hydrogen) atoms. The lowest BCUT2D eigenvalue weighted by atomic mass is 9.95. The molecule has 0 bridgehead atoms. The van der Waals surface area contributed by atoms with Gasteiger partial charge in [-0.2, -0.15) is 0 Å². The number of hydrogen-bond donors (Lipinski definition) is 2. The molecular weight excluding hydrogens is 396 g/mol. The number of fused-ring (bicyclic) bond motifs is 1. The zero-order valence-corrected chi connectivity index (χ0v) is 19.2. The van der Waals surface area contributed by atoms with E-state index in [-0.39, 0.29) is 18.1 Å². The van der Waals surface area contributed by atoms with Crippen LogP contribution in [0, 0.1) is 24.7 Å². The van der Waals surface area contributed by atoms with Gasteiger partial charge >= 0.3 is 0 Å². The molecule has 1 atom stereocenters. The van der Waals surface area contributed by atoms with E-state index in [0.29, 0.717) is 11.5 Å². The van der Waals surface area contributed by atoms with Crippen LogP contribution in [0.15, 0.2) is 54.6 Å². The molecule has 0 aliphatic carbocycles. The summed E-state index contributed by atoms with van der Waals surface area (Å²) in [6.45, 7) is 9.84. The zero-order valence-electron chi connectivity index (χ0n) is 19.2. The summed E-state index contributed by atoms with van der Waals surface area (Å²) >= 11 is 0. The molecule has 1 fully saturated rings. The number of amides is 1. The minimum absolute atomic E-state index is 0.0973. The fourth-order valence-electron chi connectivity index (χ4n) is 3.84. The summed E-state index contributed by atoms with van der Waals surface area (Å²) in [6.07, 6.45) is 0.177. The van der Waals surface area contributed by atoms with E-state index in [1.165, 1.54) is 0 Å². The van der Waals surface area contributed by atoms with Gasteiger partial charge in [0, 0.05) is 30.1 Å². The Morgan fingerprint density at radius 2 is 1.81 bits per heavy atom. The van der Waals surface area contributed by atoms with E-state index in [9.17, 15) is 4.79 Å². The lowest BCUT2D eigenvalue weighted by Crippen LogP contribution is -2.50. The molecule has 0 saturated carbocycles. The highest BCUT2D eigenvalue weighted by Crippen LogP contribution is 2.28. The molecule has 3 aromatic carbocycles. The minimum atomic E-state index is -0.153. The van der Waals surface area contributed by atoms with Crippen molar-refractivity contribution < 1.29 is 9.53 Å². The van der Waals surface area contributed by atoms with E-state index in [4.69, 9.17) is 4.74 Å². The molecule has 1 aliphatic rings. The van der Waals surface area contributed by atoms with Gasteiger partial charge in [-0.3, -0.25) is 4.79 Å². The molecule has 4 rings (SSSR count). The lowest BCUT2D eigenvalue weighted by molar-refractivity contribution is 0.0937. The Kier molecular flexibility index (Phi) is 6.48. The Morgan fingerprint density at radius 3 is 2.50 bits per heavy atom. The fourth-order valence-corrected chi connectivity index (χ4v) is 3.84. The van der Waals surface area contributed by atoms with Crippen LogP contribution in [-0.2, 0) is 0 Å². The predicted octanol–water partition coefficient (Wildman–Crippen LogP) is 5.00. The van der Waals surface area contributed by atoms with Crippen molar-refractivity contribution in [2.75, 3.05) is 13.1 Å². The van der Waals surface area contributed by atoms with Gasteiger partial charge in [-0.25, -0.2) is 0 Å². The number of nitrogens with one attached hydrogen (secondary N) is 2. The first-order valence-electron chi connectivity index (χ1n) is 11.2. The van der Waals surface area contributed by atoms with Crippen LogP contribution in [0.25, 0.3) is 10.8 Å². The molecule has 1 saturated heterocycles. The fraction of sp³-hybridized carbons (Fsp3) is 0.321. The van der Waals surface area contributed by atoms with Crippen LogP contribution >= 0.6 is 0 Å². The van der Waals surface area contributed by atoms with Crippen LogP contribution in [0.2, 0.25) is 0 Å². The second-order valence-electron chi connectivity index (χ2n) is 8.74. The summed E-state index contributed by atoms with van der Waals surface area (Å²) in [5, 5.41) is 8.60. The molecule has 0 aromatic heterocycles. The molecule has 4 nitrogen and oxygen atoms in total. The van der Waals surface area contributed by atoms with E-state index in [2.05, 4.69) is 60.6 Å². The number of benzene rings is 3. The second-order valence-corrected chi connectivity index (χ2v) is 8.74. The molecule has 1 aliphatic heterocycles. The number of hydrogen-bond acceptors (Lipinski definition) is 3. The van der Waals surface area contributed by atoms with Crippen molar-refractivity contribution >= 4 is 16.7 Å². The maximum atomic E-state index is 13.1. The van der Waals surface area contributed by atoms with E-state index in [1.54, 1.807) is 0 Å². The molecule has 1 amide bonds. The van der Waals surface area contributed by atoms with Gasteiger partial charge in [0.2, 0.25) is 0 Å². The first kappa shape index (κ1) is 21.9. The highest BCUT2D eigenvalue weighted by Gasteiger charge is 2.20. The quantitative estimate of drug-likeness (QED) is 0.565. The summed E-state index contributed by atoms with van der Waals surface area (Å²) in [7, 11) is 0. The van der Waals surface area contributed by atoms with Crippen LogP contribution in [0.1, 0.15) is 53.9 Å². The third kappa shape index (κ3) is 4.79. The molecule has 4 heteroatoms. The Hall–Kier alpha value is -3.29. The van der Waals surface area contributed by atoms with Crippen molar-refractivity contribution in [3.63, 3.8) is 0 Å². The van der Waals surface area contributed by atoms with Crippen LogP contribution in [0.4, 0.5) is 0 Å². The van der Waals surface area contributed by atoms with Gasteiger partial charge in [0.1, 0.15) is 11.9 Å². The van der Waals surface area contributed by atoms with Crippen molar-refractivity contribution in [1.82, 2.24) is 10.6 Å². The zero-order chi connectivity index (χ0) is 22.7. The summed E-state index contributed by atoms with van der Waals surface area (Å²) in [5.74, 6) is 7.51. The predicted molar refractivity (Wildman–Crippen MR) is 130 cm³/mol. The van der Waals surface area contributed by atoms with Crippen molar-refractivity contribution in [3.05, 3.63) is 76.9 Å². The van der Waals surface area contributed by atoms with Gasteiger partial charge in [0.05, 0.1) is 6.04 Å². The Balaban J connectivity index is 1.58. The number of carbonyl (C=O) groups is 1. The molecule has 164 valence electrons. The monoisotopic (exact) mass is 426 g/mol. The smallest absolute Gasteiger partial charge is 0.252 e. The topological polar surface area (TPSA) is 50.4 Å². The van der Waals surface area contributed by atoms with Gasteiger partial charge in [0.15, 0.2) is 0 Å².